The summed E-state index contributed by atoms with van der Waals surface area (Å²) >= 11 is 0. The molecule has 1 aliphatic rings. The molecule has 3 nitrogen and oxygen atoms in total. The Morgan fingerprint density at radius 1 is 1.32 bits per heavy atom. The molecule has 1 aliphatic heterocycles. The smallest absolute Gasteiger partial charge is 0.119 e. The summed E-state index contributed by atoms with van der Waals surface area (Å²) in [7, 11) is 0. The lowest BCUT2D eigenvalue weighted by atomic mass is 9.90. The van der Waals surface area contributed by atoms with Crippen LogP contribution in [-0.4, -0.2) is 19.2 Å². The topological polar surface area (TPSA) is 47.3 Å². The van der Waals surface area contributed by atoms with Gasteiger partial charge in [0.1, 0.15) is 5.75 Å². The highest BCUT2D eigenvalue weighted by molar-refractivity contribution is 5.29. The minimum absolute atomic E-state index is 0.137. The highest BCUT2D eigenvalue weighted by Gasteiger charge is 2.17. The first kappa shape index (κ1) is 14.4. The molecule has 1 fully saturated rings. The van der Waals surface area contributed by atoms with Crippen molar-refractivity contribution in [2.45, 2.75) is 45.3 Å². The molecule has 2 rings (SSSR count). The fourth-order valence-corrected chi connectivity index (χ4v) is 2.69. The first-order valence-electron chi connectivity index (χ1n) is 7.38. The molecule has 2 unspecified atom stereocenters. The molecule has 3 N–H and O–H groups in total. The van der Waals surface area contributed by atoms with E-state index in [0.717, 1.165) is 31.2 Å². The maximum absolute atomic E-state index is 6.31. The van der Waals surface area contributed by atoms with Gasteiger partial charge in [0.05, 0.1) is 6.10 Å². The van der Waals surface area contributed by atoms with Crippen molar-refractivity contribution < 1.29 is 4.74 Å². The number of hydrogen-bond acceptors (Lipinski definition) is 3. The Kier molecular flexibility index (Phi) is 5.23. The van der Waals surface area contributed by atoms with Crippen LogP contribution in [-0.2, 0) is 0 Å². The summed E-state index contributed by atoms with van der Waals surface area (Å²) in [6.07, 6.45) is 3.86. The third kappa shape index (κ3) is 4.51. The zero-order valence-electron chi connectivity index (χ0n) is 12.1. The minimum atomic E-state index is 0.137. The molecule has 1 heterocycles. The summed E-state index contributed by atoms with van der Waals surface area (Å²) in [5, 5.41) is 3.45. The molecule has 19 heavy (non-hydrogen) atoms. The van der Waals surface area contributed by atoms with Crippen LogP contribution in [0.2, 0.25) is 0 Å². The van der Waals surface area contributed by atoms with Crippen molar-refractivity contribution in [3.05, 3.63) is 29.8 Å². The van der Waals surface area contributed by atoms with Gasteiger partial charge in [0.2, 0.25) is 0 Å². The molecule has 0 spiro atoms. The highest BCUT2D eigenvalue weighted by Crippen LogP contribution is 2.25. The van der Waals surface area contributed by atoms with Crippen molar-refractivity contribution in [3.63, 3.8) is 0 Å². The predicted octanol–water partition coefficient (Wildman–Crippen LogP) is 2.86. The van der Waals surface area contributed by atoms with Gasteiger partial charge in [-0.1, -0.05) is 12.1 Å². The van der Waals surface area contributed by atoms with Gasteiger partial charge < -0.3 is 15.8 Å². The van der Waals surface area contributed by atoms with E-state index in [2.05, 4.69) is 17.4 Å². The van der Waals surface area contributed by atoms with Crippen LogP contribution in [0, 0.1) is 5.92 Å². The number of nitrogens with two attached hydrogens (primary N) is 1. The Morgan fingerprint density at radius 2 is 2.05 bits per heavy atom. The van der Waals surface area contributed by atoms with E-state index in [-0.39, 0.29) is 12.1 Å². The molecule has 1 saturated heterocycles. The van der Waals surface area contributed by atoms with E-state index < -0.39 is 0 Å². The Hall–Kier alpha value is -1.06. The number of ether oxygens (including phenoxy) is 1. The largest absolute Gasteiger partial charge is 0.491 e. The van der Waals surface area contributed by atoms with E-state index in [1.165, 1.54) is 18.4 Å². The summed E-state index contributed by atoms with van der Waals surface area (Å²) in [6.45, 7) is 6.35. The Labute approximate surface area is 116 Å². The van der Waals surface area contributed by atoms with Crippen LogP contribution in [0.25, 0.3) is 0 Å². The van der Waals surface area contributed by atoms with Crippen LogP contribution in [0.15, 0.2) is 24.3 Å². The predicted molar refractivity (Wildman–Crippen MR) is 79.3 cm³/mol. The summed E-state index contributed by atoms with van der Waals surface area (Å²) < 4.78 is 5.65. The molecule has 0 bridgehead atoms. The van der Waals surface area contributed by atoms with Gasteiger partial charge >= 0.3 is 0 Å². The lowest BCUT2D eigenvalue weighted by molar-refractivity contribution is 0.242. The zero-order valence-corrected chi connectivity index (χ0v) is 12.1. The van der Waals surface area contributed by atoms with Crippen molar-refractivity contribution in [2.75, 3.05) is 13.1 Å². The molecule has 2 atom stereocenters. The molecule has 3 heteroatoms. The van der Waals surface area contributed by atoms with Gasteiger partial charge in [0, 0.05) is 6.04 Å². The van der Waals surface area contributed by atoms with Crippen LogP contribution in [0.3, 0.4) is 0 Å². The Balaban J connectivity index is 1.89. The van der Waals surface area contributed by atoms with Crippen molar-refractivity contribution >= 4 is 0 Å². The van der Waals surface area contributed by atoms with Crippen LogP contribution in [0.4, 0.5) is 0 Å². The molecular weight excluding hydrogens is 236 g/mol. The van der Waals surface area contributed by atoms with E-state index >= 15 is 0 Å². The number of piperidine rings is 1. The Morgan fingerprint density at radius 3 is 2.63 bits per heavy atom. The fraction of sp³-hybridized carbons (Fsp3) is 0.625. The van der Waals surface area contributed by atoms with Crippen LogP contribution in [0.5, 0.6) is 5.75 Å². The number of rotatable bonds is 5. The Bertz CT molecular complexity index is 369. The van der Waals surface area contributed by atoms with E-state index in [1.54, 1.807) is 0 Å². The average Bonchev–Trinajstić information content (AvgIpc) is 2.40. The summed E-state index contributed by atoms with van der Waals surface area (Å²) in [5.41, 5.74) is 7.52. The molecular formula is C16H26N2O. The fourth-order valence-electron chi connectivity index (χ4n) is 2.69. The second-order valence-corrected chi connectivity index (χ2v) is 5.79. The average molecular weight is 262 g/mol. The minimum Gasteiger partial charge on any atom is -0.491 e. The van der Waals surface area contributed by atoms with Gasteiger partial charge in [-0.15, -0.1) is 0 Å². The zero-order chi connectivity index (χ0) is 13.7. The quantitative estimate of drug-likeness (QED) is 0.858. The first-order chi connectivity index (χ1) is 9.15. The highest BCUT2D eigenvalue weighted by atomic mass is 16.5. The second kappa shape index (κ2) is 6.92. The van der Waals surface area contributed by atoms with E-state index in [9.17, 15) is 0 Å². The van der Waals surface area contributed by atoms with E-state index in [1.807, 2.05) is 26.0 Å². The molecule has 1 aromatic rings. The third-order valence-electron chi connectivity index (χ3n) is 3.67. The maximum Gasteiger partial charge on any atom is 0.119 e. The number of nitrogens with one attached hydrogen (secondary N) is 1. The lowest BCUT2D eigenvalue weighted by Gasteiger charge is -2.25. The van der Waals surface area contributed by atoms with Gasteiger partial charge in [-0.25, -0.2) is 0 Å². The first-order valence-corrected chi connectivity index (χ1v) is 7.38. The van der Waals surface area contributed by atoms with Crippen LogP contribution >= 0.6 is 0 Å². The summed E-state index contributed by atoms with van der Waals surface area (Å²) in [6, 6.07) is 8.37. The molecule has 1 aromatic carbocycles. The van der Waals surface area contributed by atoms with Gasteiger partial charge in [-0.2, -0.15) is 0 Å². The molecule has 0 radical (unpaired) electrons. The van der Waals surface area contributed by atoms with Crippen molar-refractivity contribution in [1.29, 1.82) is 0 Å². The standard InChI is InChI=1S/C16H26N2O/c1-12(2)19-15-7-5-14(6-8-15)16(17)10-13-4-3-9-18-11-13/h5-8,12-13,16,18H,3-4,9-11,17H2,1-2H3. The van der Waals surface area contributed by atoms with Gasteiger partial charge in [0.15, 0.2) is 0 Å². The second-order valence-electron chi connectivity index (χ2n) is 5.79. The number of hydrogen-bond donors (Lipinski definition) is 2. The van der Waals surface area contributed by atoms with Crippen molar-refractivity contribution in [3.8, 4) is 5.75 Å². The molecule has 106 valence electrons. The lowest BCUT2D eigenvalue weighted by Crippen LogP contribution is -2.31. The third-order valence-corrected chi connectivity index (χ3v) is 3.67. The summed E-state index contributed by atoms with van der Waals surface area (Å²) in [5.74, 6) is 1.64. The van der Waals surface area contributed by atoms with Crippen molar-refractivity contribution in [1.82, 2.24) is 5.32 Å². The van der Waals surface area contributed by atoms with Gasteiger partial charge in [-0.05, 0) is 69.8 Å². The van der Waals surface area contributed by atoms with Gasteiger partial charge in [0.25, 0.3) is 0 Å². The maximum atomic E-state index is 6.31. The molecule has 0 aromatic heterocycles. The van der Waals surface area contributed by atoms with Crippen molar-refractivity contribution in [2.24, 2.45) is 11.7 Å². The van der Waals surface area contributed by atoms with E-state index in [0.29, 0.717) is 0 Å². The molecule has 0 aliphatic carbocycles. The molecule has 0 amide bonds. The van der Waals surface area contributed by atoms with Gasteiger partial charge in [-0.3, -0.25) is 0 Å². The monoisotopic (exact) mass is 262 g/mol. The van der Waals surface area contributed by atoms with E-state index in [4.69, 9.17) is 10.5 Å². The summed E-state index contributed by atoms with van der Waals surface area (Å²) in [4.78, 5) is 0. The number of benzene rings is 1. The normalized spacial score (nSPS) is 21.4. The van der Waals surface area contributed by atoms with Crippen LogP contribution in [0.1, 0.15) is 44.7 Å². The van der Waals surface area contributed by atoms with Crippen LogP contribution < -0.4 is 15.8 Å². The molecule has 0 saturated carbocycles. The SMILES string of the molecule is CC(C)Oc1ccc(C(N)CC2CCCNC2)cc1.